The Kier molecular flexibility index (Phi) is 17.7. The molecule has 29 heteroatoms. The van der Waals surface area contributed by atoms with Crippen molar-refractivity contribution in [2.45, 2.75) is 151 Å². The summed E-state index contributed by atoms with van der Waals surface area (Å²) in [6, 6.07) is 10.4. The van der Waals surface area contributed by atoms with Crippen LogP contribution in [0.15, 0.2) is 54.6 Å². The second-order valence-electron chi connectivity index (χ2n) is 17.1. The van der Waals surface area contributed by atoms with Crippen molar-refractivity contribution in [2.24, 2.45) is 0 Å². The molecule has 1 aliphatic heterocycles. The van der Waals surface area contributed by atoms with Crippen LogP contribution >= 0.6 is 0 Å². The van der Waals surface area contributed by atoms with Gasteiger partial charge >= 0.3 is 130 Å². The van der Waals surface area contributed by atoms with Gasteiger partial charge in [0.2, 0.25) is 0 Å². The van der Waals surface area contributed by atoms with Crippen LogP contribution in [-0.2, 0) is 17.9 Å². The monoisotopic (exact) mass is 1190 g/mol. The first-order valence-electron chi connectivity index (χ1n) is 20.5. The van der Waals surface area contributed by atoms with Gasteiger partial charge in [0.25, 0.3) is 0 Å². The molecule has 0 aromatic heterocycles. The minimum absolute atomic E-state index is 0.0173. The molecule has 0 aliphatic carbocycles. The molecule has 73 heavy (non-hydrogen) atoms. The van der Waals surface area contributed by atoms with Crippen LogP contribution in [0.3, 0.4) is 0 Å². The normalized spacial score (nSPS) is 17.5. The molecule has 1 saturated heterocycles. The molecule has 0 bridgehead atoms. The molecular formula is C44H39F26N2Ru. The summed E-state index contributed by atoms with van der Waals surface area (Å²) in [7, 11) is 0. The van der Waals surface area contributed by atoms with E-state index in [4.69, 9.17) is 0 Å². The van der Waals surface area contributed by atoms with Crippen molar-refractivity contribution in [3.63, 3.8) is 0 Å². The Morgan fingerprint density at radius 2 is 0.671 bits per heavy atom. The van der Waals surface area contributed by atoms with E-state index in [1.54, 1.807) is 0 Å². The number of benzene rings is 3. The van der Waals surface area contributed by atoms with Crippen molar-refractivity contribution >= 4 is 16.0 Å². The molecule has 0 unspecified atom stereocenters. The maximum absolute atomic E-state index is 15.3. The van der Waals surface area contributed by atoms with E-state index in [2.05, 4.69) is 30.0 Å². The molecule has 3 aromatic rings. The zero-order chi connectivity index (χ0) is 57.1. The minimum atomic E-state index is -8.34. The predicted octanol–water partition coefficient (Wildman–Crippen LogP) is 16.1. The van der Waals surface area contributed by atoms with E-state index in [1.165, 1.54) is 71.4 Å². The van der Waals surface area contributed by atoms with E-state index in [0.29, 0.717) is 20.9 Å². The van der Waals surface area contributed by atoms with Gasteiger partial charge < -0.3 is 9.80 Å². The standard InChI is InChI=1S/C37H33F26N2.C7H6.Ru/c1-16-11-18(3)24(19(4)12-16)64-15-65(25-20(5)13-17(2)14-21(25)6)23(8-10-27(40,41)29(44,45)31(48,49)33(52,53)35(56,57)37(61,62)63)22(64)7-9-26(38,39)28(42,43)30(46,47)32(50,51)34(54,55)36(58,59)60;1-7-5-3-2-4-6-7;/h11-15,22-23H,7-10H2,1-6H3;1-6H;/q-1;;+1/t22-,23-;;/m1../s1. The van der Waals surface area contributed by atoms with Crippen molar-refractivity contribution in [1.82, 2.24) is 0 Å². The van der Waals surface area contributed by atoms with Crippen molar-refractivity contribution in [2.75, 3.05) is 9.80 Å². The summed E-state index contributed by atoms with van der Waals surface area (Å²) in [6.45, 7) is 8.49. The fraction of sp³-hybridized carbons (Fsp3) is 0.545. The average Bonchev–Trinajstić information content (AvgIpc) is 3.57. The first-order chi connectivity index (χ1) is 32.5. The molecule has 1 heterocycles. The van der Waals surface area contributed by atoms with Crippen LogP contribution in [0.2, 0.25) is 0 Å². The number of halogens is 26. The number of hydrogen-bond acceptors (Lipinski definition) is 2. The topological polar surface area (TPSA) is 6.48 Å². The summed E-state index contributed by atoms with van der Waals surface area (Å²) in [5.74, 6) is -78.9. The zero-order valence-electron chi connectivity index (χ0n) is 37.9. The summed E-state index contributed by atoms with van der Waals surface area (Å²) in [5, 5.41) is 0. The van der Waals surface area contributed by atoms with Gasteiger partial charge in [0, 0.05) is 36.3 Å². The number of aryl methyl sites for hydroxylation is 6. The number of anilines is 2. The molecule has 1 aliphatic rings. The van der Waals surface area contributed by atoms with Gasteiger partial charge in [-0.05, 0) is 76.6 Å². The predicted molar refractivity (Wildman–Crippen MR) is 210 cm³/mol. The van der Waals surface area contributed by atoms with Crippen molar-refractivity contribution < 1.29 is 132 Å². The molecule has 415 valence electrons. The Hall–Kier alpha value is -4.07. The SMILES string of the molecule is Cc1cc(C)c(N2[CH-]N(c3c(C)cc(C)cc3C)[C@H](CCC(F)(F)C(F)(F)C(F)(F)C(F)(F)C(F)(F)C(F)(F)F)[C@H]2CCC(F)(F)C(F)(F)C(F)(F)C(F)(F)C(F)(F)C(F)(F)F)c(C)c1.[Ru+]=[CH]c1ccccc1. The first-order valence-corrected chi connectivity index (χ1v) is 21.5. The van der Waals surface area contributed by atoms with E-state index < -0.39 is 109 Å². The Morgan fingerprint density at radius 1 is 0.411 bits per heavy atom. The zero-order valence-corrected chi connectivity index (χ0v) is 39.6. The molecule has 4 rings (SSSR count). The van der Waals surface area contributed by atoms with Crippen LogP contribution < -0.4 is 9.80 Å². The summed E-state index contributed by atoms with van der Waals surface area (Å²) >= 11 is 2.48. The first kappa shape index (κ1) is 63.2. The van der Waals surface area contributed by atoms with Gasteiger partial charge in [0.15, 0.2) is 0 Å². The van der Waals surface area contributed by atoms with Crippen molar-refractivity contribution in [3.05, 3.63) is 100 Å². The maximum atomic E-state index is 15.3. The fourth-order valence-electron chi connectivity index (χ4n) is 8.04. The van der Waals surface area contributed by atoms with Crippen molar-refractivity contribution in [3.8, 4) is 0 Å². The Morgan fingerprint density at radius 3 is 0.904 bits per heavy atom. The molecule has 2 atom stereocenters. The van der Waals surface area contributed by atoms with Gasteiger partial charge in [-0.25, -0.2) is 0 Å². The molecule has 0 spiro atoms. The van der Waals surface area contributed by atoms with Crippen LogP contribution in [0.1, 0.15) is 64.6 Å². The van der Waals surface area contributed by atoms with Crippen LogP contribution in [-0.4, -0.2) is 88.3 Å². The van der Waals surface area contributed by atoms with Gasteiger partial charge in [-0.2, -0.15) is 121 Å². The Bertz CT molecular complexity index is 2220. The van der Waals surface area contributed by atoms with Gasteiger partial charge in [0.05, 0.1) is 0 Å². The van der Waals surface area contributed by atoms with Crippen LogP contribution in [0.25, 0.3) is 0 Å². The summed E-state index contributed by atoms with van der Waals surface area (Å²) in [6.07, 6.45) is -25.6. The van der Waals surface area contributed by atoms with E-state index in [1.807, 2.05) is 22.8 Å². The van der Waals surface area contributed by atoms with E-state index >= 15 is 17.6 Å². The number of alkyl halides is 26. The van der Waals surface area contributed by atoms with Crippen LogP contribution in [0.4, 0.5) is 126 Å². The molecule has 3 aromatic carbocycles. The van der Waals surface area contributed by atoms with Gasteiger partial charge in [-0.15, -0.1) is 0 Å². The van der Waals surface area contributed by atoms with E-state index in [9.17, 15) is 96.6 Å². The Balaban J connectivity index is 0.00000159. The summed E-state index contributed by atoms with van der Waals surface area (Å²) in [5.41, 5.74) is 1.55. The molecule has 0 saturated carbocycles. The third-order valence-corrected chi connectivity index (χ3v) is 12.2. The second-order valence-corrected chi connectivity index (χ2v) is 17.7. The molecule has 0 radical (unpaired) electrons. The second kappa shape index (κ2) is 20.5. The molecule has 2 nitrogen and oxygen atoms in total. The third-order valence-electron chi connectivity index (χ3n) is 11.6. The fourth-order valence-corrected chi connectivity index (χ4v) is 8.38. The molecule has 0 amide bonds. The van der Waals surface area contributed by atoms with Gasteiger partial charge in [0.1, 0.15) is 0 Å². The summed E-state index contributed by atoms with van der Waals surface area (Å²) in [4.78, 5) is 1.32. The van der Waals surface area contributed by atoms with E-state index in [0.717, 1.165) is 6.67 Å². The third kappa shape index (κ3) is 11.0. The number of nitrogens with zero attached hydrogens (tertiary/aromatic N) is 2. The molecule has 0 N–H and O–H groups in total. The van der Waals surface area contributed by atoms with Gasteiger partial charge in [-0.3, -0.25) is 0 Å². The Labute approximate surface area is 408 Å². The van der Waals surface area contributed by atoms with Gasteiger partial charge in [-0.1, -0.05) is 35.4 Å². The average molecular weight is 1190 g/mol. The van der Waals surface area contributed by atoms with E-state index in [-0.39, 0.29) is 33.6 Å². The van der Waals surface area contributed by atoms with Crippen LogP contribution in [0, 0.1) is 48.2 Å². The number of hydrogen-bond donors (Lipinski definition) is 0. The molecular weight excluding hydrogens is 1150 g/mol. The number of rotatable bonds is 17. The quantitative estimate of drug-likeness (QED) is 0.0755. The van der Waals surface area contributed by atoms with Crippen molar-refractivity contribution in [1.29, 1.82) is 0 Å². The molecule has 1 fully saturated rings. The van der Waals surface area contributed by atoms with Crippen LogP contribution in [0.5, 0.6) is 0 Å². The summed E-state index contributed by atoms with van der Waals surface area (Å²) < 4.78 is 367.